The van der Waals surface area contributed by atoms with Crippen LogP contribution in [0.15, 0.2) is 24.3 Å². The van der Waals surface area contributed by atoms with Crippen molar-refractivity contribution in [1.29, 1.82) is 5.26 Å². The SMILES string of the molecule is N#Cc1ccccc1N1CCNC[C@H]1CO.S. The first-order valence-corrected chi connectivity index (χ1v) is 5.44. The van der Waals surface area contributed by atoms with E-state index >= 15 is 0 Å². The number of hydrogen-bond donors (Lipinski definition) is 2. The van der Waals surface area contributed by atoms with Crippen molar-refractivity contribution in [2.75, 3.05) is 31.1 Å². The molecule has 1 heterocycles. The maximum Gasteiger partial charge on any atom is 0.101 e. The normalized spacial score (nSPS) is 19.3. The van der Waals surface area contributed by atoms with Gasteiger partial charge in [-0.2, -0.15) is 18.8 Å². The molecular formula is C12H17N3OS. The highest BCUT2D eigenvalue weighted by molar-refractivity contribution is 7.59. The van der Waals surface area contributed by atoms with Crippen molar-refractivity contribution >= 4 is 19.2 Å². The number of rotatable bonds is 2. The van der Waals surface area contributed by atoms with Crippen LogP contribution in [-0.4, -0.2) is 37.4 Å². The summed E-state index contributed by atoms with van der Waals surface area (Å²) in [5.74, 6) is 0. The second-order valence-corrected chi connectivity index (χ2v) is 3.86. The van der Waals surface area contributed by atoms with Crippen LogP contribution in [0.25, 0.3) is 0 Å². The van der Waals surface area contributed by atoms with Crippen LogP contribution in [0.1, 0.15) is 5.56 Å². The summed E-state index contributed by atoms with van der Waals surface area (Å²) in [6.45, 7) is 2.57. The van der Waals surface area contributed by atoms with Gasteiger partial charge in [-0.05, 0) is 12.1 Å². The summed E-state index contributed by atoms with van der Waals surface area (Å²) in [5, 5.41) is 21.6. The van der Waals surface area contributed by atoms with E-state index in [9.17, 15) is 5.11 Å². The first-order chi connectivity index (χ1) is 7.86. The number of anilines is 1. The molecule has 0 radical (unpaired) electrons. The van der Waals surface area contributed by atoms with Gasteiger partial charge in [0.1, 0.15) is 6.07 Å². The minimum absolute atomic E-state index is 0. The van der Waals surface area contributed by atoms with Gasteiger partial charge < -0.3 is 15.3 Å². The molecule has 1 aliphatic rings. The summed E-state index contributed by atoms with van der Waals surface area (Å²) >= 11 is 0. The molecule has 4 nitrogen and oxygen atoms in total. The average Bonchev–Trinajstić information content (AvgIpc) is 2.38. The maximum atomic E-state index is 9.32. The van der Waals surface area contributed by atoms with Crippen LogP contribution in [0, 0.1) is 11.3 Å². The van der Waals surface area contributed by atoms with Gasteiger partial charge in [-0.1, -0.05) is 12.1 Å². The van der Waals surface area contributed by atoms with Crippen LogP contribution in [0.3, 0.4) is 0 Å². The molecule has 1 fully saturated rings. The van der Waals surface area contributed by atoms with E-state index < -0.39 is 0 Å². The van der Waals surface area contributed by atoms with Crippen LogP contribution < -0.4 is 10.2 Å². The Kier molecular flexibility index (Phi) is 5.29. The van der Waals surface area contributed by atoms with Crippen molar-refractivity contribution in [3.05, 3.63) is 29.8 Å². The number of nitrogens with zero attached hydrogens (tertiary/aromatic N) is 2. The Balaban J connectivity index is 0.00000144. The third kappa shape index (κ3) is 2.91. The lowest BCUT2D eigenvalue weighted by Gasteiger charge is -2.37. The number of benzene rings is 1. The minimum Gasteiger partial charge on any atom is -0.394 e. The van der Waals surface area contributed by atoms with E-state index in [4.69, 9.17) is 5.26 Å². The molecule has 1 saturated heterocycles. The van der Waals surface area contributed by atoms with Gasteiger partial charge in [0, 0.05) is 19.6 Å². The average molecular weight is 251 g/mol. The largest absolute Gasteiger partial charge is 0.394 e. The Hall–Kier alpha value is -1.22. The van der Waals surface area contributed by atoms with E-state index in [1.54, 1.807) is 0 Å². The number of para-hydroxylation sites is 1. The topological polar surface area (TPSA) is 59.3 Å². The quantitative estimate of drug-likeness (QED) is 0.801. The fourth-order valence-corrected chi connectivity index (χ4v) is 2.06. The van der Waals surface area contributed by atoms with E-state index in [1.807, 2.05) is 24.3 Å². The Morgan fingerprint density at radius 1 is 1.47 bits per heavy atom. The van der Waals surface area contributed by atoms with Gasteiger partial charge in [-0.15, -0.1) is 0 Å². The fraction of sp³-hybridized carbons (Fsp3) is 0.417. The fourth-order valence-electron chi connectivity index (χ4n) is 2.06. The van der Waals surface area contributed by atoms with Gasteiger partial charge in [0.15, 0.2) is 0 Å². The molecule has 0 aliphatic carbocycles. The van der Waals surface area contributed by atoms with Crippen molar-refractivity contribution in [3.63, 3.8) is 0 Å². The molecule has 1 atom stereocenters. The molecule has 1 aromatic rings. The van der Waals surface area contributed by atoms with Gasteiger partial charge in [0.2, 0.25) is 0 Å². The second-order valence-electron chi connectivity index (χ2n) is 3.86. The summed E-state index contributed by atoms with van der Waals surface area (Å²) in [7, 11) is 0. The molecule has 0 saturated carbocycles. The van der Waals surface area contributed by atoms with E-state index in [1.165, 1.54) is 0 Å². The molecule has 0 amide bonds. The summed E-state index contributed by atoms with van der Waals surface area (Å²) in [6, 6.07) is 9.78. The molecule has 0 spiro atoms. The first-order valence-electron chi connectivity index (χ1n) is 5.44. The van der Waals surface area contributed by atoms with Gasteiger partial charge in [-0.3, -0.25) is 0 Å². The molecule has 1 aliphatic heterocycles. The summed E-state index contributed by atoms with van der Waals surface area (Å²) in [4.78, 5) is 2.11. The summed E-state index contributed by atoms with van der Waals surface area (Å²) in [5.41, 5.74) is 1.59. The standard InChI is InChI=1S/C12H15N3O.H2S/c13-7-10-3-1-2-4-12(10)15-6-5-14-8-11(15)9-16;/h1-4,11,14,16H,5-6,8-9H2;1H2/t11-;/m0./s1. The predicted molar refractivity (Wildman–Crippen MR) is 72.6 cm³/mol. The Bertz CT molecular complexity index is 405. The number of nitriles is 1. The monoisotopic (exact) mass is 251 g/mol. The van der Waals surface area contributed by atoms with E-state index in [2.05, 4.69) is 16.3 Å². The molecule has 0 aromatic heterocycles. The van der Waals surface area contributed by atoms with E-state index in [-0.39, 0.29) is 26.1 Å². The zero-order valence-electron chi connectivity index (χ0n) is 9.56. The van der Waals surface area contributed by atoms with Crippen molar-refractivity contribution in [2.45, 2.75) is 6.04 Å². The van der Waals surface area contributed by atoms with Crippen LogP contribution in [0.4, 0.5) is 5.69 Å². The molecule has 0 bridgehead atoms. The van der Waals surface area contributed by atoms with Gasteiger partial charge >= 0.3 is 0 Å². The molecule has 92 valence electrons. The van der Waals surface area contributed by atoms with Crippen LogP contribution >= 0.6 is 13.5 Å². The van der Waals surface area contributed by atoms with E-state index in [0.29, 0.717) is 5.56 Å². The zero-order valence-corrected chi connectivity index (χ0v) is 10.6. The Morgan fingerprint density at radius 3 is 2.94 bits per heavy atom. The second kappa shape index (κ2) is 6.50. The first kappa shape index (κ1) is 13.8. The zero-order chi connectivity index (χ0) is 11.4. The lowest BCUT2D eigenvalue weighted by atomic mass is 10.1. The van der Waals surface area contributed by atoms with E-state index in [0.717, 1.165) is 25.3 Å². The lowest BCUT2D eigenvalue weighted by molar-refractivity contribution is 0.246. The summed E-state index contributed by atoms with van der Waals surface area (Å²) < 4.78 is 0. The van der Waals surface area contributed by atoms with Gasteiger partial charge in [0.25, 0.3) is 0 Å². The lowest BCUT2D eigenvalue weighted by Crippen LogP contribution is -2.53. The molecule has 0 unspecified atom stereocenters. The number of piperazine rings is 1. The number of hydrogen-bond acceptors (Lipinski definition) is 4. The minimum atomic E-state index is 0. The number of aliphatic hydroxyl groups is 1. The number of aliphatic hydroxyl groups excluding tert-OH is 1. The van der Waals surface area contributed by atoms with Crippen LogP contribution in [-0.2, 0) is 0 Å². The van der Waals surface area contributed by atoms with Crippen LogP contribution in [0.5, 0.6) is 0 Å². The van der Waals surface area contributed by atoms with Gasteiger partial charge in [-0.25, -0.2) is 0 Å². The third-order valence-corrected chi connectivity index (χ3v) is 2.89. The third-order valence-electron chi connectivity index (χ3n) is 2.89. The molecule has 5 heteroatoms. The van der Waals surface area contributed by atoms with Crippen molar-refractivity contribution in [2.24, 2.45) is 0 Å². The molecule has 2 N–H and O–H groups in total. The Morgan fingerprint density at radius 2 is 2.24 bits per heavy atom. The number of nitrogens with one attached hydrogen (secondary N) is 1. The predicted octanol–water partition coefficient (Wildman–Crippen LogP) is 0.442. The van der Waals surface area contributed by atoms with Crippen molar-refractivity contribution in [3.8, 4) is 6.07 Å². The molecule has 2 rings (SSSR count). The van der Waals surface area contributed by atoms with Crippen molar-refractivity contribution in [1.82, 2.24) is 5.32 Å². The maximum absolute atomic E-state index is 9.32. The Labute approximate surface area is 108 Å². The van der Waals surface area contributed by atoms with Gasteiger partial charge in [0.05, 0.1) is 23.9 Å². The molecule has 1 aromatic carbocycles. The summed E-state index contributed by atoms with van der Waals surface area (Å²) in [6.07, 6.45) is 0. The highest BCUT2D eigenvalue weighted by Gasteiger charge is 2.23. The molecule has 17 heavy (non-hydrogen) atoms. The highest BCUT2D eigenvalue weighted by Crippen LogP contribution is 2.22. The smallest absolute Gasteiger partial charge is 0.101 e. The molecular weight excluding hydrogens is 234 g/mol. The van der Waals surface area contributed by atoms with Crippen molar-refractivity contribution < 1.29 is 5.11 Å². The van der Waals surface area contributed by atoms with Crippen LogP contribution in [0.2, 0.25) is 0 Å². The highest BCUT2D eigenvalue weighted by atomic mass is 32.1.